The number of amides is 1. The van der Waals surface area contributed by atoms with Gasteiger partial charge in [-0.3, -0.25) is 4.79 Å². The van der Waals surface area contributed by atoms with E-state index < -0.39 is 6.04 Å². The van der Waals surface area contributed by atoms with E-state index in [1.807, 2.05) is 18.7 Å². The molecule has 0 aromatic carbocycles. The number of rotatable bonds is 4. The highest BCUT2D eigenvalue weighted by molar-refractivity contribution is 7.80. The van der Waals surface area contributed by atoms with Gasteiger partial charge in [0, 0.05) is 18.8 Å². The van der Waals surface area contributed by atoms with Gasteiger partial charge >= 0.3 is 0 Å². The Kier molecular flexibility index (Phi) is 5.03. The molecule has 1 amide bonds. The van der Waals surface area contributed by atoms with E-state index in [0.29, 0.717) is 31.4 Å². The molecule has 21 heavy (non-hydrogen) atoms. The van der Waals surface area contributed by atoms with Crippen molar-refractivity contribution in [2.45, 2.75) is 25.9 Å². The minimum atomic E-state index is -0.456. The van der Waals surface area contributed by atoms with Gasteiger partial charge in [-0.2, -0.15) is 0 Å². The summed E-state index contributed by atoms with van der Waals surface area (Å²) in [6.45, 7) is 5.19. The van der Waals surface area contributed by atoms with Crippen LogP contribution in [0.25, 0.3) is 0 Å². The Morgan fingerprint density at radius 1 is 1.62 bits per heavy atom. The number of hydrogen-bond acceptors (Lipinski definition) is 6. The molecule has 0 bridgehead atoms. The zero-order chi connectivity index (χ0) is 15.4. The van der Waals surface area contributed by atoms with Crippen molar-refractivity contribution in [3.63, 3.8) is 0 Å². The first-order chi connectivity index (χ1) is 9.99. The van der Waals surface area contributed by atoms with Crippen molar-refractivity contribution in [3.05, 3.63) is 18.0 Å². The molecule has 0 saturated carbocycles. The van der Waals surface area contributed by atoms with Gasteiger partial charge in [-0.15, -0.1) is 0 Å². The first-order valence-electron chi connectivity index (χ1n) is 6.76. The molecule has 3 N–H and O–H groups in total. The van der Waals surface area contributed by atoms with E-state index >= 15 is 0 Å². The van der Waals surface area contributed by atoms with Crippen LogP contribution in [0.3, 0.4) is 0 Å². The number of anilines is 1. The molecule has 1 aromatic rings. The summed E-state index contributed by atoms with van der Waals surface area (Å²) < 4.78 is 5.41. The van der Waals surface area contributed by atoms with E-state index in [0.717, 1.165) is 0 Å². The van der Waals surface area contributed by atoms with Gasteiger partial charge in [0.1, 0.15) is 16.7 Å². The fraction of sp³-hybridized carbons (Fsp3) is 0.538. The number of aromatic nitrogens is 2. The van der Waals surface area contributed by atoms with E-state index in [1.165, 1.54) is 0 Å². The molecule has 1 aromatic heterocycles. The smallest absolute Gasteiger partial charge is 0.245 e. The Morgan fingerprint density at radius 3 is 3.05 bits per heavy atom. The van der Waals surface area contributed by atoms with Crippen LogP contribution >= 0.6 is 12.2 Å². The molecular formula is C13H19N5O2S. The third-order valence-corrected chi connectivity index (χ3v) is 3.22. The molecule has 0 aliphatic carbocycles. The maximum atomic E-state index is 12.3. The number of carbonyl (C=O) groups is 1. The summed E-state index contributed by atoms with van der Waals surface area (Å²) >= 11 is 4.93. The molecule has 0 spiro atoms. The van der Waals surface area contributed by atoms with Crippen LogP contribution in [0.1, 0.15) is 19.5 Å². The first-order valence-corrected chi connectivity index (χ1v) is 7.17. The van der Waals surface area contributed by atoms with Crippen molar-refractivity contribution in [2.24, 2.45) is 5.73 Å². The van der Waals surface area contributed by atoms with Gasteiger partial charge in [0.15, 0.2) is 0 Å². The minimum Gasteiger partial charge on any atom is -0.388 e. The van der Waals surface area contributed by atoms with Gasteiger partial charge < -0.3 is 20.7 Å². The number of hydrogen-bond donors (Lipinski definition) is 2. The SMILES string of the molecule is CC(C)NC(=O)C1COCCN1c1nccc(C(N)=S)n1. The lowest BCUT2D eigenvalue weighted by Crippen LogP contribution is -2.55. The maximum absolute atomic E-state index is 12.3. The van der Waals surface area contributed by atoms with Gasteiger partial charge in [0.05, 0.1) is 13.2 Å². The molecule has 1 atom stereocenters. The van der Waals surface area contributed by atoms with E-state index in [9.17, 15) is 4.79 Å². The summed E-state index contributed by atoms with van der Waals surface area (Å²) in [4.78, 5) is 22.8. The topological polar surface area (TPSA) is 93.4 Å². The van der Waals surface area contributed by atoms with Gasteiger partial charge in [0.2, 0.25) is 11.9 Å². The Morgan fingerprint density at radius 2 is 2.38 bits per heavy atom. The predicted molar refractivity (Wildman–Crippen MR) is 83.2 cm³/mol. The van der Waals surface area contributed by atoms with E-state index in [4.69, 9.17) is 22.7 Å². The molecule has 7 nitrogen and oxygen atoms in total. The summed E-state index contributed by atoms with van der Waals surface area (Å²) in [5.41, 5.74) is 6.08. The van der Waals surface area contributed by atoms with Crippen LogP contribution in [0, 0.1) is 0 Å². The Balaban J connectivity index is 2.24. The molecule has 1 unspecified atom stereocenters. The van der Waals surface area contributed by atoms with Crippen molar-refractivity contribution >= 4 is 29.1 Å². The van der Waals surface area contributed by atoms with Crippen molar-refractivity contribution in [3.8, 4) is 0 Å². The lowest BCUT2D eigenvalue weighted by Gasteiger charge is -2.35. The quantitative estimate of drug-likeness (QED) is 0.746. The molecule has 8 heteroatoms. The average molecular weight is 309 g/mol. The van der Waals surface area contributed by atoms with Crippen molar-refractivity contribution in [2.75, 3.05) is 24.7 Å². The van der Waals surface area contributed by atoms with Gasteiger partial charge in [-0.25, -0.2) is 9.97 Å². The Labute approximate surface area is 128 Å². The minimum absolute atomic E-state index is 0.0603. The summed E-state index contributed by atoms with van der Waals surface area (Å²) in [6, 6.07) is 1.25. The number of nitrogens with zero attached hydrogens (tertiary/aromatic N) is 3. The first kappa shape index (κ1) is 15.6. The highest BCUT2D eigenvalue weighted by Gasteiger charge is 2.31. The standard InChI is InChI=1S/C13H19N5O2S/c1-8(2)16-12(19)10-7-20-6-5-18(10)13-15-4-3-9(17-13)11(14)21/h3-4,8,10H,5-7H2,1-2H3,(H2,14,21)(H,16,19). The number of thiocarbonyl (C=S) groups is 1. The maximum Gasteiger partial charge on any atom is 0.245 e. The molecule has 1 aliphatic rings. The van der Waals surface area contributed by atoms with Crippen molar-refractivity contribution in [1.29, 1.82) is 0 Å². The van der Waals surface area contributed by atoms with Crippen LogP contribution in [0.15, 0.2) is 12.3 Å². The predicted octanol–water partition coefficient (Wildman–Crippen LogP) is -0.159. The summed E-state index contributed by atoms with van der Waals surface area (Å²) in [7, 11) is 0. The number of carbonyl (C=O) groups excluding carboxylic acids is 1. The van der Waals surface area contributed by atoms with Crippen molar-refractivity contribution < 1.29 is 9.53 Å². The number of ether oxygens (including phenoxy) is 1. The van der Waals surface area contributed by atoms with Crippen LogP contribution in [0.4, 0.5) is 5.95 Å². The molecular weight excluding hydrogens is 290 g/mol. The van der Waals surface area contributed by atoms with Gasteiger partial charge in [0.25, 0.3) is 0 Å². The third-order valence-electron chi connectivity index (χ3n) is 3.01. The number of nitrogens with two attached hydrogens (primary N) is 1. The largest absolute Gasteiger partial charge is 0.388 e. The number of morpholine rings is 1. The molecule has 0 radical (unpaired) electrons. The molecule has 2 heterocycles. The fourth-order valence-corrected chi connectivity index (χ4v) is 2.18. The second-order valence-electron chi connectivity index (χ2n) is 5.05. The van der Waals surface area contributed by atoms with Crippen LogP contribution in [0.2, 0.25) is 0 Å². The van der Waals surface area contributed by atoms with E-state index in [1.54, 1.807) is 12.3 Å². The van der Waals surface area contributed by atoms with Crippen LogP contribution in [0.5, 0.6) is 0 Å². The Bertz CT molecular complexity index is 537. The fourth-order valence-electron chi connectivity index (χ4n) is 2.07. The van der Waals surface area contributed by atoms with Gasteiger partial charge in [-0.1, -0.05) is 12.2 Å². The van der Waals surface area contributed by atoms with E-state index in [-0.39, 0.29) is 16.9 Å². The van der Waals surface area contributed by atoms with Gasteiger partial charge in [-0.05, 0) is 19.9 Å². The lowest BCUT2D eigenvalue weighted by atomic mass is 10.2. The third kappa shape index (κ3) is 3.85. The molecule has 1 saturated heterocycles. The normalized spacial score (nSPS) is 18.6. The average Bonchev–Trinajstić information content (AvgIpc) is 2.46. The van der Waals surface area contributed by atoms with Crippen molar-refractivity contribution in [1.82, 2.24) is 15.3 Å². The molecule has 1 aliphatic heterocycles. The summed E-state index contributed by atoms with van der Waals surface area (Å²) in [5, 5.41) is 2.88. The second kappa shape index (κ2) is 6.77. The lowest BCUT2D eigenvalue weighted by molar-refractivity contribution is -0.125. The highest BCUT2D eigenvalue weighted by atomic mass is 32.1. The zero-order valence-corrected chi connectivity index (χ0v) is 12.9. The second-order valence-corrected chi connectivity index (χ2v) is 5.49. The highest BCUT2D eigenvalue weighted by Crippen LogP contribution is 2.15. The van der Waals surface area contributed by atoms with Crippen LogP contribution < -0.4 is 16.0 Å². The molecule has 114 valence electrons. The van der Waals surface area contributed by atoms with Crippen LogP contribution in [-0.4, -0.2) is 52.7 Å². The molecule has 1 fully saturated rings. The van der Waals surface area contributed by atoms with Crippen LogP contribution in [-0.2, 0) is 9.53 Å². The monoisotopic (exact) mass is 309 g/mol. The summed E-state index contributed by atoms with van der Waals surface area (Å²) in [5.74, 6) is 0.335. The number of nitrogens with one attached hydrogen (secondary N) is 1. The zero-order valence-electron chi connectivity index (χ0n) is 12.1. The molecule has 2 rings (SSSR count). The Hall–Kier alpha value is -1.80. The summed E-state index contributed by atoms with van der Waals surface area (Å²) in [6.07, 6.45) is 1.59. The van der Waals surface area contributed by atoms with E-state index in [2.05, 4.69) is 15.3 Å².